The number of hydrazone groups is 1. The molecule has 0 saturated heterocycles. The molecule has 0 aliphatic heterocycles. The van der Waals surface area contributed by atoms with E-state index in [9.17, 15) is 14.4 Å². The maximum Gasteiger partial charge on any atom is 0.254 e. The fourth-order valence-corrected chi connectivity index (χ4v) is 1.59. The van der Waals surface area contributed by atoms with Gasteiger partial charge in [0.05, 0.1) is 12.5 Å². The average molecular weight is 315 g/mol. The van der Waals surface area contributed by atoms with Gasteiger partial charge in [0.15, 0.2) is 0 Å². The number of carbonyl (C=O) groups excluding carboxylic acids is 3. The summed E-state index contributed by atoms with van der Waals surface area (Å²) in [4.78, 5) is 33.8. The number of nitriles is 1. The number of hydrogen-bond donors (Lipinski definition) is 3. The first-order valence-corrected chi connectivity index (χ1v) is 6.77. The Morgan fingerprint density at radius 3 is 2.13 bits per heavy atom. The Bertz CT molecular complexity index is 659. The number of anilines is 2. The number of amides is 3. The third-order valence-electron chi connectivity index (χ3n) is 2.52. The molecule has 0 aliphatic rings. The minimum Gasteiger partial charge on any atom is -0.326 e. The molecule has 120 valence electrons. The van der Waals surface area contributed by atoms with Gasteiger partial charge in [-0.15, -0.1) is 0 Å². The van der Waals surface area contributed by atoms with Crippen molar-refractivity contribution >= 4 is 34.8 Å². The Kier molecular flexibility index (Phi) is 6.94. The molecule has 8 heteroatoms. The van der Waals surface area contributed by atoms with E-state index >= 15 is 0 Å². The van der Waals surface area contributed by atoms with Crippen molar-refractivity contribution in [3.05, 3.63) is 24.3 Å². The Labute approximate surface area is 133 Å². The van der Waals surface area contributed by atoms with Crippen molar-refractivity contribution in [2.75, 3.05) is 10.6 Å². The van der Waals surface area contributed by atoms with Crippen LogP contribution in [0.4, 0.5) is 11.4 Å². The highest BCUT2D eigenvalue weighted by molar-refractivity contribution is 6.05. The summed E-state index contributed by atoms with van der Waals surface area (Å²) in [6.07, 6.45) is -0.288. The summed E-state index contributed by atoms with van der Waals surface area (Å²) in [5.41, 5.74) is 3.80. The van der Waals surface area contributed by atoms with Gasteiger partial charge in [-0.3, -0.25) is 14.4 Å². The molecule has 0 bridgehead atoms. The highest BCUT2D eigenvalue weighted by atomic mass is 16.2. The van der Waals surface area contributed by atoms with Crippen LogP contribution in [0.5, 0.6) is 0 Å². The van der Waals surface area contributed by atoms with Crippen LogP contribution in [0.15, 0.2) is 29.4 Å². The van der Waals surface area contributed by atoms with Gasteiger partial charge in [-0.1, -0.05) is 0 Å². The number of nitrogens with zero attached hydrogens (tertiary/aromatic N) is 2. The normalized spacial score (nSPS) is 10.4. The van der Waals surface area contributed by atoms with Gasteiger partial charge < -0.3 is 10.6 Å². The van der Waals surface area contributed by atoms with Crippen LogP contribution in [0.3, 0.4) is 0 Å². The van der Waals surface area contributed by atoms with Crippen molar-refractivity contribution in [2.45, 2.75) is 26.7 Å². The molecule has 0 spiro atoms. The molecule has 0 aliphatic carbocycles. The molecule has 3 N–H and O–H groups in total. The van der Waals surface area contributed by atoms with E-state index in [0.717, 1.165) is 0 Å². The number of benzene rings is 1. The van der Waals surface area contributed by atoms with E-state index in [0.29, 0.717) is 17.1 Å². The van der Waals surface area contributed by atoms with Gasteiger partial charge in [0, 0.05) is 24.0 Å². The van der Waals surface area contributed by atoms with E-state index in [1.54, 1.807) is 37.3 Å². The van der Waals surface area contributed by atoms with E-state index in [1.165, 1.54) is 6.92 Å². The van der Waals surface area contributed by atoms with Gasteiger partial charge >= 0.3 is 0 Å². The molecule has 0 aromatic heterocycles. The fraction of sp³-hybridized carbons (Fsp3) is 0.267. The monoisotopic (exact) mass is 315 g/mol. The van der Waals surface area contributed by atoms with Crippen molar-refractivity contribution in [3.63, 3.8) is 0 Å². The highest BCUT2D eigenvalue weighted by Crippen LogP contribution is 2.13. The van der Waals surface area contributed by atoms with Crippen LogP contribution < -0.4 is 16.1 Å². The van der Waals surface area contributed by atoms with Crippen LogP contribution in [-0.4, -0.2) is 23.4 Å². The SMILES string of the molecule is CC(=O)Nc1ccc(NC(=O)C/C(C)=N/NC(=O)CC#N)cc1. The zero-order valence-electron chi connectivity index (χ0n) is 12.8. The van der Waals surface area contributed by atoms with E-state index in [-0.39, 0.29) is 24.7 Å². The molecule has 8 nitrogen and oxygen atoms in total. The maximum absolute atomic E-state index is 11.8. The molecule has 1 aromatic rings. The Morgan fingerprint density at radius 2 is 1.61 bits per heavy atom. The average Bonchev–Trinajstić information content (AvgIpc) is 2.47. The van der Waals surface area contributed by atoms with E-state index in [1.807, 2.05) is 0 Å². The Balaban J connectivity index is 2.50. The molecule has 23 heavy (non-hydrogen) atoms. The maximum atomic E-state index is 11.8. The van der Waals surface area contributed by atoms with Crippen molar-refractivity contribution in [1.29, 1.82) is 5.26 Å². The quantitative estimate of drug-likeness (QED) is 0.542. The van der Waals surface area contributed by atoms with Gasteiger partial charge in [-0.2, -0.15) is 10.4 Å². The molecular weight excluding hydrogens is 298 g/mol. The summed E-state index contributed by atoms with van der Waals surface area (Å²) in [5, 5.41) is 17.4. The number of nitrogens with one attached hydrogen (secondary N) is 3. The van der Waals surface area contributed by atoms with Gasteiger partial charge in [0.2, 0.25) is 11.8 Å². The number of rotatable bonds is 6. The third-order valence-corrected chi connectivity index (χ3v) is 2.52. The predicted molar refractivity (Wildman–Crippen MR) is 85.5 cm³/mol. The lowest BCUT2D eigenvalue weighted by atomic mass is 10.2. The third kappa shape index (κ3) is 7.38. The molecular formula is C15H17N5O3. The minimum atomic E-state index is -0.527. The summed E-state index contributed by atoms with van der Waals surface area (Å²) in [6.45, 7) is 3.00. The van der Waals surface area contributed by atoms with Gasteiger partial charge in [0.25, 0.3) is 5.91 Å². The van der Waals surface area contributed by atoms with Gasteiger partial charge in [-0.25, -0.2) is 5.43 Å². The summed E-state index contributed by atoms with van der Waals surface area (Å²) >= 11 is 0. The number of hydrogen-bond acceptors (Lipinski definition) is 5. The molecule has 3 amide bonds. The molecule has 1 rings (SSSR count). The predicted octanol–water partition coefficient (Wildman–Crippen LogP) is 1.38. The summed E-state index contributed by atoms with van der Waals surface area (Å²) in [5.74, 6) is -0.999. The van der Waals surface area contributed by atoms with Gasteiger partial charge in [-0.05, 0) is 31.2 Å². The lowest BCUT2D eigenvalue weighted by Crippen LogP contribution is -2.20. The molecule has 0 saturated carbocycles. The fourth-order valence-electron chi connectivity index (χ4n) is 1.59. The number of carbonyl (C=O) groups is 3. The van der Waals surface area contributed by atoms with Crippen LogP contribution in [-0.2, 0) is 14.4 Å². The molecule has 0 atom stereocenters. The first-order chi connectivity index (χ1) is 10.9. The molecule has 0 radical (unpaired) electrons. The largest absolute Gasteiger partial charge is 0.326 e. The van der Waals surface area contributed by atoms with E-state index in [4.69, 9.17) is 5.26 Å². The van der Waals surface area contributed by atoms with Crippen molar-refractivity contribution in [1.82, 2.24) is 5.43 Å². The van der Waals surface area contributed by atoms with Crippen LogP contribution in [0, 0.1) is 11.3 Å². The first-order valence-electron chi connectivity index (χ1n) is 6.77. The van der Waals surface area contributed by atoms with Crippen LogP contribution in [0.1, 0.15) is 26.7 Å². The summed E-state index contributed by atoms with van der Waals surface area (Å²) in [6, 6.07) is 8.34. The van der Waals surface area contributed by atoms with Crippen LogP contribution in [0.25, 0.3) is 0 Å². The van der Waals surface area contributed by atoms with Gasteiger partial charge in [0.1, 0.15) is 6.42 Å². The second-order valence-electron chi connectivity index (χ2n) is 4.70. The topological polar surface area (TPSA) is 123 Å². The molecule has 1 aromatic carbocycles. The summed E-state index contributed by atoms with van der Waals surface area (Å²) in [7, 11) is 0. The Morgan fingerprint density at radius 1 is 1.04 bits per heavy atom. The zero-order chi connectivity index (χ0) is 17.2. The second-order valence-corrected chi connectivity index (χ2v) is 4.70. The van der Waals surface area contributed by atoms with Crippen molar-refractivity contribution < 1.29 is 14.4 Å². The lowest BCUT2D eigenvalue weighted by Gasteiger charge is -2.07. The summed E-state index contributed by atoms with van der Waals surface area (Å²) < 4.78 is 0. The standard InChI is InChI=1S/C15H17N5O3/c1-10(19-20-14(22)7-8-16)9-15(23)18-13-5-3-12(4-6-13)17-11(2)21/h3-6H,7,9H2,1-2H3,(H,17,21)(H,18,23)(H,20,22)/b19-10+. The first kappa shape index (κ1) is 17.8. The van der Waals surface area contributed by atoms with Crippen molar-refractivity contribution in [3.8, 4) is 6.07 Å². The lowest BCUT2D eigenvalue weighted by molar-refractivity contribution is -0.120. The minimum absolute atomic E-state index is 0.000279. The second kappa shape index (κ2) is 8.94. The molecule has 0 unspecified atom stereocenters. The molecule has 0 heterocycles. The van der Waals surface area contributed by atoms with Crippen LogP contribution in [0.2, 0.25) is 0 Å². The Hall–Kier alpha value is -3.21. The zero-order valence-corrected chi connectivity index (χ0v) is 12.8. The van der Waals surface area contributed by atoms with Crippen molar-refractivity contribution in [2.24, 2.45) is 5.10 Å². The highest BCUT2D eigenvalue weighted by Gasteiger charge is 2.06. The van der Waals surface area contributed by atoms with Crippen LogP contribution >= 0.6 is 0 Å². The van der Waals surface area contributed by atoms with E-state index in [2.05, 4.69) is 21.2 Å². The van der Waals surface area contributed by atoms with E-state index < -0.39 is 5.91 Å². The molecule has 0 fully saturated rings. The smallest absolute Gasteiger partial charge is 0.254 e.